The predicted octanol–water partition coefficient (Wildman–Crippen LogP) is 3.81. The average Bonchev–Trinajstić information content (AvgIpc) is 3.02. The highest BCUT2D eigenvalue weighted by Gasteiger charge is 2.39. The summed E-state index contributed by atoms with van der Waals surface area (Å²) in [5.74, 6) is 0.124. The Labute approximate surface area is 160 Å². The van der Waals surface area contributed by atoms with Gasteiger partial charge in [0.25, 0.3) is 0 Å². The number of methoxy groups -OCH3 is 1. The molecule has 0 aromatic heterocycles. The minimum Gasteiger partial charge on any atom is -0.497 e. The van der Waals surface area contributed by atoms with Crippen LogP contribution in [-0.4, -0.2) is 37.3 Å². The number of ether oxygens (including phenoxy) is 4. The maximum Gasteiger partial charge on any atom is 0.163 e. The van der Waals surface area contributed by atoms with Crippen LogP contribution in [0.1, 0.15) is 38.0 Å². The van der Waals surface area contributed by atoms with Gasteiger partial charge in [-0.15, -0.1) is 0 Å². The summed E-state index contributed by atoms with van der Waals surface area (Å²) >= 11 is 0. The Morgan fingerprint density at radius 2 is 1.81 bits per heavy atom. The van der Waals surface area contributed by atoms with E-state index in [0.29, 0.717) is 6.61 Å². The molecule has 3 atom stereocenters. The maximum absolute atomic E-state index is 10.9. The van der Waals surface area contributed by atoms with Gasteiger partial charge in [0.1, 0.15) is 23.6 Å². The Balaban J connectivity index is 1.79. The van der Waals surface area contributed by atoms with Crippen LogP contribution in [0.25, 0.3) is 0 Å². The molecule has 0 aliphatic carbocycles. The molecule has 1 aliphatic rings. The second kappa shape index (κ2) is 7.98. The van der Waals surface area contributed by atoms with E-state index in [0.717, 1.165) is 16.9 Å². The summed E-state index contributed by atoms with van der Waals surface area (Å²) in [7, 11) is 1.64. The van der Waals surface area contributed by atoms with E-state index in [2.05, 4.69) is 0 Å². The van der Waals surface area contributed by atoms with Crippen molar-refractivity contribution >= 4 is 0 Å². The summed E-state index contributed by atoms with van der Waals surface area (Å²) in [4.78, 5) is 0. The lowest BCUT2D eigenvalue weighted by Crippen LogP contribution is -2.33. The van der Waals surface area contributed by atoms with Crippen molar-refractivity contribution in [1.82, 2.24) is 0 Å². The molecular weight excluding hydrogens is 344 g/mol. The van der Waals surface area contributed by atoms with E-state index in [4.69, 9.17) is 18.9 Å². The molecule has 2 aromatic carbocycles. The molecule has 1 N–H and O–H groups in total. The SMILES string of the molecule is COc1ccc([C@@H](OC[C@@](C)(O)c2ccccc2)[C@H]2COC(C)(C)O2)cc1. The van der Waals surface area contributed by atoms with Crippen molar-refractivity contribution in [2.24, 2.45) is 0 Å². The molecule has 5 heteroatoms. The Kier molecular flexibility index (Phi) is 5.86. The second-order valence-corrected chi connectivity index (χ2v) is 7.51. The molecule has 0 amide bonds. The van der Waals surface area contributed by atoms with E-state index < -0.39 is 11.4 Å². The Morgan fingerprint density at radius 1 is 1.15 bits per heavy atom. The standard InChI is InChI=1S/C22H28O5/c1-21(2)26-14-19(27-21)20(16-10-12-18(24-4)13-11-16)25-15-22(3,23)17-8-6-5-7-9-17/h5-13,19-20,23H,14-15H2,1-4H3/t19-,20-,22-/m1/s1. The van der Waals surface area contributed by atoms with Crippen molar-refractivity contribution in [3.8, 4) is 5.75 Å². The monoisotopic (exact) mass is 372 g/mol. The van der Waals surface area contributed by atoms with Gasteiger partial charge in [0.05, 0.1) is 20.3 Å². The van der Waals surface area contributed by atoms with Crippen LogP contribution in [-0.2, 0) is 19.8 Å². The number of benzene rings is 2. The molecule has 1 fully saturated rings. The van der Waals surface area contributed by atoms with E-state index in [1.807, 2.05) is 68.4 Å². The normalized spacial score (nSPS) is 22.2. The summed E-state index contributed by atoms with van der Waals surface area (Å²) in [6.07, 6.45) is -0.632. The highest BCUT2D eigenvalue weighted by molar-refractivity contribution is 5.29. The molecule has 1 saturated heterocycles. The first kappa shape index (κ1) is 19.8. The zero-order valence-corrected chi connectivity index (χ0v) is 16.3. The third-order valence-electron chi connectivity index (χ3n) is 4.75. The number of rotatable bonds is 7. The van der Waals surface area contributed by atoms with Crippen LogP contribution < -0.4 is 4.74 Å². The largest absolute Gasteiger partial charge is 0.497 e. The van der Waals surface area contributed by atoms with Gasteiger partial charge in [0, 0.05) is 0 Å². The summed E-state index contributed by atoms with van der Waals surface area (Å²) in [5.41, 5.74) is 0.648. The van der Waals surface area contributed by atoms with Gasteiger partial charge in [-0.25, -0.2) is 0 Å². The van der Waals surface area contributed by atoms with Crippen LogP contribution in [0, 0.1) is 0 Å². The van der Waals surface area contributed by atoms with Crippen LogP contribution in [0.3, 0.4) is 0 Å². The average molecular weight is 372 g/mol. The van der Waals surface area contributed by atoms with E-state index >= 15 is 0 Å². The molecule has 27 heavy (non-hydrogen) atoms. The number of aliphatic hydroxyl groups is 1. The Morgan fingerprint density at radius 3 is 2.37 bits per heavy atom. The molecule has 1 aliphatic heterocycles. The minimum atomic E-state index is -1.11. The van der Waals surface area contributed by atoms with Crippen LogP contribution in [0.15, 0.2) is 54.6 Å². The maximum atomic E-state index is 10.9. The summed E-state index contributed by atoms with van der Waals surface area (Å²) < 4.78 is 23.2. The van der Waals surface area contributed by atoms with E-state index in [-0.39, 0.29) is 18.8 Å². The summed E-state index contributed by atoms with van der Waals surface area (Å²) in [5, 5.41) is 10.9. The Bertz CT molecular complexity index is 724. The quantitative estimate of drug-likeness (QED) is 0.801. The van der Waals surface area contributed by atoms with Gasteiger partial charge in [-0.2, -0.15) is 0 Å². The summed E-state index contributed by atoms with van der Waals surface area (Å²) in [6.45, 7) is 6.09. The first-order chi connectivity index (χ1) is 12.8. The third-order valence-corrected chi connectivity index (χ3v) is 4.75. The fourth-order valence-electron chi connectivity index (χ4n) is 3.21. The second-order valence-electron chi connectivity index (χ2n) is 7.51. The number of hydrogen-bond donors (Lipinski definition) is 1. The van der Waals surface area contributed by atoms with Gasteiger partial charge in [0.2, 0.25) is 0 Å². The molecule has 0 unspecified atom stereocenters. The molecule has 0 radical (unpaired) electrons. The third kappa shape index (κ3) is 4.87. The van der Waals surface area contributed by atoms with E-state index in [1.54, 1.807) is 14.0 Å². The van der Waals surface area contributed by atoms with Crippen LogP contribution in [0.4, 0.5) is 0 Å². The van der Waals surface area contributed by atoms with Crippen molar-refractivity contribution in [1.29, 1.82) is 0 Å². The smallest absolute Gasteiger partial charge is 0.163 e. The highest BCUT2D eigenvalue weighted by atomic mass is 16.7. The summed E-state index contributed by atoms with van der Waals surface area (Å²) in [6, 6.07) is 17.2. The highest BCUT2D eigenvalue weighted by Crippen LogP contribution is 2.35. The molecule has 5 nitrogen and oxygen atoms in total. The van der Waals surface area contributed by atoms with Gasteiger partial charge < -0.3 is 24.1 Å². The molecular formula is C22H28O5. The fourth-order valence-corrected chi connectivity index (χ4v) is 3.21. The van der Waals surface area contributed by atoms with Gasteiger partial charge in [0.15, 0.2) is 5.79 Å². The van der Waals surface area contributed by atoms with Gasteiger partial charge in [-0.05, 0) is 44.0 Å². The molecule has 0 bridgehead atoms. The topological polar surface area (TPSA) is 57.2 Å². The molecule has 1 heterocycles. The van der Waals surface area contributed by atoms with Crippen molar-refractivity contribution in [2.45, 2.75) is 44.4 Å². The van der Waals surface area contributed by atoms with E-state index in [1.165, 1.54) is 0 Å². The lowest BCUT2D eigenvalue weighted by atomic mass is 9.96. The lowest BCUT2D eigenvalue weighted by Gasteiger charge is -2.30. The van der Waals surface area contributed by atoms with Crippen LogP contribution in [0.2, 0.25) is 0 Å². The lowest BCUT2D eigenvalue weighted by molar-refractivity contribution is -0.165. The van der Waals surface area contributed by atoms with Crippen molar-refractivity contribution < 1.29 is 24.1 Å². The molecule has 146 valence electrons. The first-order valence-corrected chi connectivity index (χ1v) is 9.16. The molecule has 2 aromatic rings. The van der Waals surface area contributed by atoms with Gasteiger partial charge in [-0.3, -0.25) is 0 Å². The minimum absolute atomic E-state index is 0.133. The van der Waals surface area contributed by atoms with E-state index in [9.17, 15) is 5.11 Å². The van der Waals surface area contributed by atoms with Crippen molar-refractivity contribution in [3.05, 3.63) is 65.7 Å². The van der Waals surface area contributed by atoms with Crippen molar-refractivity contribution in [3.63, 3.8) is 0 Å². The molecule has 3 rings (SSSR count). The van der Waals surface area contributed by atoms with Gasteiger partial charge in [-0.1, -0.05) is 42.5 Å². The van der Waals surface area contributed by atoms with Crippen LogP contribution >= 0.6 is 0 Å². The zero-order valence-electron chi connectivity index (χ0n) is 16.3. The molecule has 0 spiro atoms. The van der Waals surface area contributed by atoms with Crippen LogP contribution in [0.5, 0.6) is 5.75 Å². The predicted molar refractivity (Wildman–Crippen MR) is 103 cm³/mol. The first-order valence-electron chi connectivity index (χ1n) is 9.16. The fraction of sp³-hybridized carbons (Fsp3) is 0.455. The van der Waals surface area contributed by atoms with Crippen molar-refractivity contribution in [2.75, 3.05) is 20.3 Å². The van der Waals surface area contributed by atoms with Gasteiger partial charge >= 0.3 is 0 Å². The number of hydrogen-bond acceptors (Lipinski definition) is 5. The zero-order chi connectivity index (χ0) is 19.5. The Hall–Kier alpha value is -1.92. The molecule has 0 saturated carbocycles.